The van der Waals surface area contributed by atoms with Gasteiger partial charge in [0.1, 0.15) is 17.3 Å². The third kappa shape index (κ3) is 5.10. The maximum absolute atomic E-state index is 13.9. The van der Waals surface area contributed by atoms with E-state index in [2.05, 4.69) is 10.1 Å². The van der Waals surface area contributed by atoms with Crippen molar-refractivity contribution in [3.8, 4) is 0 Å². The highest BCUT2D eigenvalue weighted by Crippen LogP contribution is 2.23. The van der Waals surface area contributed by atoms with Crippen LogP contribution in [0.25, 0.3) is 0 Å². The minimum absolute atomic E-state index is 0.174. The molecule has 6 nitrogen and oxygen atoms in total. The van der Waals surface area contributed by atoms with E-state index < -0.39 is 35.1 Å². The van der Waals surface area contributed by atoms with Gasteiger partial charge in [-0.15, -0.1) is 0 Å². The number of nitrogens with one attached hydrogen (secondary N) is 1. The first-order valence-corrected chi connectivity index (χ1v) is 8.04. The van der Waals surface area contributed by atoms with E-state index >= 15 is 0 Å². The molecule has 0 bridgehead atoms. The van der Waals surface area contributed by atoms with Crippen LogP contribution >= 0.6 is 0 Å². The molecule has 0 aliphatic carbocycles. The molecule has 142 valence electrons. The zero-order chi connectivity index (χ0) is 20.0. The minimum Gasteiger partial charge on any atom is -0.465 e. The van der Waals surface area contributed by atoms with E-state index in [0.29, 0.717) is 11.3 Å². The second-order valence-electron chi connectivity index (χ2n) is 5.61. The highest BCUT2D eigenvalue weighted by atomic mass is 19.1. The number of hydrogen-bond acceptors (Lipinski definition) is 4. The van der Waals surface area contributed by atoms with Crippen molar-refractivity contribution in [1.29, 1.82) is 0 Å². The summed E-state index contributed by atoms with van der Waals surface area (Å²) in [5.41, 5.74) is 0.271. The molecular formula is C19H18F2N2O4. The Hall–Kier alpha value is -3.29. The van der Waals surface area contributed by atoms with Crippen LogP contribution in [0.4, 0.5) is 20.2 Å². The lowest BCUT2D eigenvalue weighted by molar-refractivity contribution is -0.117. The molecule has 2 aromatic rings. The fourth-order valence-corrected chi connectivity index (χ4v) is 2.42. The number of benzene rings is 2. The molecule has 0 aliphatic rings. The Labute approximate surface area is 154 Å². The Bertz CT molecular complexity index is 833. The quantitative estimate of drug-likeness (QED) is 0.786. The summed E-state index contributed by atoms with van der Waals surface area (Å²) in [6.45, 7) is 0.967. The predicted molar refractivity (Wildman–Crippen MR) is 95.4 cm³/mol. The van der Waals surface area contributed by atoms with Gasteiger partial charge in [-0.3, -0.25) is 9.59 Å². The van der Waals surface area contributed by atoms with Crippen LogP contribution in [0.3, 0.4) is 0 Å². The van der Waals surface area contributed by atoms with Gasteiger partial charge in [0.2, 0.25) is 11.8 Å². The molecule has 0 saturated heterocycles. The van der Waals surface area contributed by atoms with Crippen molar-refractivity contribution in [3.63, 3.8) is 0 Å². The Morgan fingerprint density at radius 3 is 2.15 bits per heavy atom. The third-order valence-corrected chi connectivity index (χ3v) is 3.74. The lowest BCUT2D eigenvalue weighted by atomic mass is 10.2. The number of halogens is 2. The highest BCUT2D eigenvalue weighted by molar-refractivity contribution is 5.95. The Morgan fingerprint density at radius 2 is 1.63 bits per heavy atom. The van der Waals surface area contributed by atoms with Gasteiger partial charge in [0, 0.05) is 25.6 Å². The van der Waals surface area contributed by atoms with Crippen molar-refractivity contribution in [2.75, 3.05) is 23.9 Å². The summed E-state index contributed by atoms with van der Waals surface area (Å²) in [6, 6.07) is 9.27. The van der Waals surface area contributed by atoms with Crippen LogP contribution in [0, 0.1) is 11.6 Å². The van der Waals surface area contributed by atoms with Crippen LogP contribution in [0.15, 0.2) is 42.5 Å². The van der Waals surface area contributed by atoms with Gasteiger partial charge in [-0.1, -0.05) is 6.07 Å². The fraction of sp³-hybridized carbons (Fsp3) is 0.211. The summed E-state index contributed by atoms with van der Waals surface area (Å²) in [5, 5.41) is 2.58. The zero-order valence-corrected chi connectivity index (χ0v) is 14.8. The molecule has 0 heterocycles. The molecule has 0 atom stereocenters. The predicted octanol–water partition coefficient (Wildman–Crippen LogP) is 3.13. The molecule has 0 aliphatic heterocycles. The number of ether oxygens (including phenoxy) is 1. The molecule has 0 unspecified atom stereocenters. The van der Waals surface area contributed by atoms with Crippen molar-refractivity contribution in [3.05, 3.63) is 59.7 Å². The SMILES string of the molecule is COC(=O)c1ccc(NC(=O)CCN(C(C)=O)c2c(F)cccc2F)cc1. The average molecular weight is 376 g/mol. The number of rotatable bonds is 6. The Morgan fingerprint density at radius 1 is 1.04 bits per heavy atom. The lowest BCUT2D eigenvalue weighted by Crippen LogP contribution is -2.33. The number of carbonyl (C=O) groups excluding carboxylic acids is 3. The van der Waals surface area contributed by atoms with E-state index in [9.17, 15) is 23.2 Å². The lowest BCUT2D eigenvalue weighted by Gasteiger charge is -2.22. The number of carbonyl (C=O) groups is 3. The zero-order valence-electron chi connectivity index (χ0n) is 14.8. The van der Waals surface area contributed by atoms with Crippen LogP contribution in [-0.4, -0.2) is 31.4 Å². The summed E-state index contributed by atoms with van der Waals surface area (Å²) in [7, 11) is 1.26. The first-order valence-electron chi connectivity index (χ1n) is 8.04. The molecule has 2 rings (SSSR count). The monoisotopic (exact) mass is 376 g/mol. The molecule has 2 amide bonds. The van der Waals surface area contributed by atoms with Gasteiger partial charge in [-0.05, 0) is 36.4 Å². The minimum atomic E-state index is -0.885. The van der Waals surface area contributed by atoms with Crippen LogP contribution in [-0.2, 0) is 14.3 Å². The number of anilines is 2. The second-order valence-corrected chi connectivity index (χ2v) is 5.61. The van der Waals surface area contributed by atoms with Crippen molar-refractivity contribution in [2.45, 2.75) is 13.3 Å². The van der Waals surface area contributed by atoms with E-state index in [1.807, 2.05) is 0 Å². The van der Waals surface area contributed by atoms with Crippen molar-refractivity contribution in [1.82, 2.24) is 0 Å². The van der Waals surface area contributed by atoms with Gasteiger partial charge in [0.15, 0.2) is 0 Å². The molecule has 27 heavy (non-hydrogen) atoms. The molecular weight excluding hydrogens is 358 g/mol. The molecule has 0 spiro atoms. The van der Waals surface area contributed by atoms with Crippen molar-refractivity contribution >= 4 is 29.2 Å². The van der Waals surface area contributed by atoms with Crippen LogP contribution in [0.2, 0.25) is 0 Å². The van der Waals surface area contributed by atoms with E-state index in [-0.39, 0.29) is 13.0 Å². The molecule has 1 N–H and O–H groups in total. The highest BCUT2D eigenvalue weighted by Gasteiger charge is 2.21. The first-order chi connectivity index (χ1) is 12.8. The van der Waals surface area contributed by atoms with Gasteiger partial charge >= 0.3 is 5.97 Å². The smallest absolute Gasteiger partial charge is 0.337 e. The normalized spacial score (nSPS) is 10.2. The van der Waals surface area contributed by atoms with Gasteiger partial charge in [0.25, 0.3) is 0 Å². The van der Waals surface area contributed by atoms with Crippen LogP contribution in [0.5, 0.6) is 0 Å². The van der Waals surface area contributed by atoms with Crippen LogP contribution < -0.4 is 10.2 Å². The van der Waals surface area contributed by atoms with Crippen molar-refractivity contribution in [2.24, 2.45) is 0 Å². The van der Waals surface area contributed by atoms with E-state index in [1.165, 1.54) is 37.4 Å². The third-order valence-electron chi connectivity index (χ3n) is 3.74. The maximum atomic E-state index is 13.9. The largest absolute Gasteiger partial charge is 0.465 e. The molecule has 0 fully saturated rings. The van der Waals surface area contributed by atoms with Crippen molar-refractivity contribution < 1.29 is 27.9 Å². The summed E-state index contributed by atoms with van der Waals surface area (Å²) in [6.07, 6.45) is -0.174. The summed E-state index contributed by atoms with van der Waals surface area (Å²) in [4.78, 5) is 36.1. The summed E-state index contributed by atoms with van der Waals surface area (Å²) in [5.74, 6) is -3.32. The molecule has 0 aromatic heterocycles. The molecule has 0 saturated carbocycles. The number of para-hydroxylation sites is 1. The number of methoxy groups -OCH3 is 1. The van der Waals surface area contributed by atoms with Gasteiger partial charge in [-0.2, -0.15) is 0 Å². The second kappa shape index (κ2) is 8.88. The van der Waals surface area contributed by atoms with E-state index in [1.54, 1.807) is 0 Å². The molecule has 0 radical (unpaired) electrons. The number of hydrogen-bond donors (Lipinski definition) is 1. The average Bonchev–Trinajstić information content (AvgIpc) is 2.63. The standard InChI is InChI=1S/C19H18F2N2O4/c1-12(24)23(18-15(20)4-3-5-16(18)21)11-10-17(25)22-14-8-6-13(7-9-14)19(26)27-2/h3-9H,10-11H2,1-2H3,(H,22,25). The molecule has 2 aromatic carbocycles. The van der Waals surface area contributed by atoms with E-state index in [0.717, 1.165) is 24.0 Å². The maximum Gasteiger partial charge on any atom is 0.337 e. The Kier molecular flexibility index (Phi) is 6.59. The van der Waals surface area contributed by atoms with Gasteiger partial charge in [-0.25, -0.2) is 13.6 Å². The van der Waals surface area contributed by atoms with Crippen LogP contribution in [0.1, 0.15) is 23.7 Å². The van der Waals surface area contributed by atoms with E-state index in [4.69, 9.17) is 0 Å². The van der Waals surface area contributed by atoms with Gasteiger partial charge < -0.3 is 15.0 Å². The Balaban J connectivity index is 2.02. The first kappa shape index (κ1) is 20.0. The van der Waals surface area contributed by atoms with Gasteiger partial charge in [0.05, 0.1) is 12.7 Å². The topological polar surface area (TPSA) is 75.7 Å². The number of amides is 2. The summed E-state index contributed by atoms with van der Waals surface area (Å²) >= 11 is 0. The fourth-order valence-electron chi connectivity index (χ4n) is 2.42. The molecule has 8 heteroatoms. The number of esters is 1. The summed E-state index contributed by atoms with van der Waals surface area (Å²) < 4.78 is 32.4. The number of nitrogens with zero attached hydrogens (tertiary/aromatic N) is 1.